The second-order valence-corrected chi connectivity index (χ2v) is 7.66. The van der Waals surface area contributed by atoms with Crippen molar-refractivity contribution in [2.45, 2.75) is 19.9 Å². The first-order chi connectivity index (χ1) is 15.0. The van der Waals surface area contributed by atoms with Gasteiger partial charge >= 0.3 is 6.09 Å². The molecule has 0 saturated carbocycles. The van der Waals surface area contributed by atoms with Crippen LogP contribution in [0.15, 0.2) is 36.4 Å². The lowest BCUT2D eigenvalue weighted by atomic mass is 9.99. The Morgan fingerprint density at radius 1 is 1.06 bits per heavy atom. The zero-order valence-electron chi connectivity index (χ0n) is 17.4. The number of halogens is 1. The van der Waals surface area contributed by atoms with E-state index >= 15 is 0 Å². The Balaban J connectivity index is 1.60. The Morgan fingerprint density at radius 2 is 1.77 bits per heavy atom. The van der Waals surface area contributed by atoms with Crippen molar-refractivity contribution in [3.63, 3.8) is 0 Å². The molecule has 31 heavy (non-hydrogen) atoms. The number of anilines is 2. The minimum absolute atomic E-state index is 0.261. The zero-order valence-corrected chi connectivity index (χ0v) is 17.4. The molecular weight excluding hydrogens is 403 g/mol. The minimum atomic E-state index is -0.597. The van der Waals surface area contributed by atoms with Crippen molar-refractivity contribution in [1.29, 1.82) is 0 Å². The zero-order chi connectivity index (χ0) is 22.0. The van der Waals surface area contributed by atoms with E-state index in [-0.39, 0.29) is 11.8 Å². The highest BCUT2D eigenvalue weighted by molar-refractivity contribution is 5.72. The Kier molecular flexibility index (Phi) is 5.92. The van der Waals surface area contributed by atoms with Crippen molar-refractivity contribution >= 4 is 23.2 Å². The van der Waals surface area contributed by atoms with Gasteiger partial charge in [-0.2, -0.15) is 0 Å². The van der Waals surface area contributed by atoms with Crippen LogP contribution in [0.3, 0.4) is 0 Å². The maximum atomic E-state index is 14.9. The molecule has 164 valence electrons. The number of fused-ring (bicyclic) bond motifs is 1. The van der Waals surface area contributed by atoms with E-state index < -0.39 is 10.7 Å². The molecule has 1 saturated heterocycles. The van der Waals surface area contributed by atoms with Gasteiger partial charge in [0.15, 0.2) is 5.82 Å². The number of hydrogen-bond acceptors (Lipinski definition) is 6. The van der Waals surface area contributed by atoms with Crippen molar-refractivity contribution < 1.29 is 18.8 Å². The van der Waals surface area contributed by atoms with Gasteiger partial charge in [0.2, 0.25) is 0 Å². The van der Waals surface area contributed by atoms with Crippen LogP contribution in [0, 0.1) is 15.9 Å². The molecule has 0 spiro atoms. The van der Waals surface area contributed by atoms with Crippen LogP contribution < -0.4 is 9.80 Å². The normalized spacial score (nSPS) is 16.1. The lowest BCUT2D eigenvalue weighted by Crippen LogP contribution is -2.49. The molecule has 0 unspecified atom stereocenters. The maximum Gasteiger partial charge on any atom is 0.409 e. The number of amides is 1. The molecule has 9 heteroatoms. The second-order valence-electron chi connectivity index (χ2n) is 7.66. The summed E-state index contributed by atoms with van der Waals surface area (Å²) in [5, 5.41) is 11.6. The standard InChI is InChI=1S/C22H25FN4O4/c1-2-31-22(28)25-11-9-24(10-12-25)20-14-19(18(23)13-21(20)27(29)30)26-8-7-16-5-3-4-6-17(16)15-26/h3-6,13-14H,2,7-12,15H2,1H3. The van der Waals surface area contributed by atoms with Gasteiger partial charge in [-0.15, -0.1) is 0 Å². The number of carbonyl (C=O) groups is 1. The van der Waals surface area contributed by atoms with Gasteiger partial charge < -0.3 is 19.4 Å². The van der Waals surface area contributed by atoms with Crippen molar-refractivity contribution in [2.75, 3.05) is 49.1 Å². The van der Waals surface area contributed by atoms with Gasteiger partial charge in [-0.05, 0) is 30.5 Å². The smallest absolute Gasteiger partial charge is 0.409 e. The van der Waals surface area contributed by atoms with Gasteiger partial charge in [0.25, 0.3) is 5.69 Å². The molecule has 2 aliphatic rings. The summed E-state index contributed by atoms with van der Waals surface area (Å²) in [6.07, 6.45) is 0.406. The summed E-state index contributed by atoms with van der Waals surface area (Å²) < 4.78 is 20.0. The van der Waals surface area contributed by atoms with Crippen LogP contribution in [0.25, 0.3) is 0 Å². The summed E-state index contributed by atoms with van der Waals surface area (Å²) in [5.74, 6) is -0.597. The molecule has 0 bridgehead atoms. The van der Waals surface area contributed by atoms with Crippen LogP contribution in [-0.2, 0) is 17.7 Å². The lowest BCUT2D eigenvalue weighted by Gasteiger charge is -2.36. The number of nitro groups is 1. The quantitative estimate of drug-likeness (QED) is 0.547. The summed E-state index contributed by atoms with van der Waals surface area (Å²) >= 11 is 0. The Hall–Kier alpha value is -3.36. The maximum absolute atomic E-state index is 14.9. The number of rotatable bonds is 4. The van der Waals surface area contributed by atoms with Gasteiger partial charge in [-0.3, -0.25) is 10.1 Å². The fourth-order valence-electron chi connectivity index (χ4n) is 4.23. The Bertz CT molecular complexity index is 991. The van der Waals surface area contributed by atoms with E-state index in [1.807, 2.05) is 28.0 Å². The second kappa shape index (κ2) is 8.79. The number of benzene rings is 2. The number of ether oxygens (including phenoxy) is 1. The minimum Gasteiger partial charge on any atom is -0.450 e. The third-order valence-corrected chi connectivity index (χ3v) is 5.86. The molecule has 8 nitrogen and oxygen atoms in total. The number of piperazine rings is 1. The number of carbonyl (C=O) groups excluding carboxylic acids is 1. The molecule has 0 radical (unpaired) electrons. The average Bonchev–Trinajstić information content (AvgIpc) is 2.79. The monoisotopic (exact) mass is 428 g/mol. The summed E-state index contributed by atoms with van der Waals surface area (Å²) in [6, 6.07) is 10.7. The van der Waals surface area contributed by atoms with Crippen molar-refractivity contribution in [1.82, 2.24) is 4.90 Å². The molecule has 0 aliphatic carbocycles. The topological polar surface area (TPSA) is 79.2 Å². The highest BCUT2D eigenvalue weighted by Crippen LogP contribution is 2.37. The lowest BCUT2D eigenvalue weighted by molar-refractivity contribution is -0.384. The van der Waals surface area contributed by atoms with E-state index in [0.717, 1.165) is 18.1 Å². The van der Waals surface area contributed by atoms with E-state index in [1.54, 1.807) is 17.9 Å². The molecule has 1 fully saturated rings. The van der Waals surface area contributed by atoms with E-state index in [2.05, 4.69) is 6.07 Å². The SMILES string of the molecule is CCOC(=O)N1CCN(c2cc(N3CCc4ccccc4C3)c(F)cc2[N+](=O)[O-])CC1. The summed E-state index contributed by atoms with van der Waals surface area (Å²) in [6.45, 7) is 4.84. The van der Waals surface area contributed by atoms with Crippen LogP contribution in [-0.4, -0.2) is 55.2 Å². The number of hydrogen-bond donors (Lipinski definition) is 0. The van der Waals surface area contributed by atoms with Crippen LogP contribution in [0.1, 0.15) is 18.1 Å². The van der Waals surface area contributed by atoms with Gasteiger partial charge in [0.05, 0.1) is 23.3 Å². The summed E-state index contributed by atoms with van der Waals surface area (Å²) in [7, 11) is 0. The summed E-state index contributed by atoms with van der Waals surface area (Å²) in [4.78, 5) is 28.4. The molecule has 2 aromatic rings. The van der Waals surface area contributed by atoms with Gasteiger partial charge in [0, 0.05) is 39.3 Å². The fourth-order valence-corrected chi connectivity index (χ4v) is 4.23. The highest BCUT2D eigenvalue weighted by Gasteiger charge is 2.29. The van der Waals surface area contributed by atoms with E-state index in [1.165, 1.54) is 5.56 Å². The van der Waals surface area contributed by atoms with Gasteiger partial charge in [-0.25, -0.2) is 9.18 Å². The predicted octanol–water partition coefficient (Wildman–Crippen LogP) is 3.58. The van der Waals surface area contributed by atoms with Crippen LogP contribution in [0.2, 0.25) is 0 Å². The van der Waals surface area contributed by atoms with Crippen molar-refractivity contribution in [3.8, 4) is 0 Å². The predicted molar refractivity (Wildman–Crippen MR) is 115 cm³/mol. The third-order valence-electron chi connectivity index (χ3n) is 5.86. The van der Waals surface area contributed by atoms with Gasteiger partial charge in [-0.1, -0.05) is 24.3 Å². The molecule has 1 amide bonds. The molecule has 2 aromatic carbocycles. The van der Waals surface area contributed by atoms with Crippen LogP contribution in [0.4, 0.5) is 26.2 Å². The molecule has 0 atom stereocenters. The first-order valence-electron chi connectivity index (χ1n) is 10.4. The van der Waals surface area contributed by atoms with E-state index in [0.29, 0.717) is 57.3 Å². The molecule has 0 aromatic heterocycles. The van der Waals surface area contributed by atoms with Crippen LogP contribution >= 0.6 is 0 Å². The molecule has 0 N–H and O–H groups in total. The van der Waals surface area contributed by atoms with Crippen molar-refractivity contribution in [2.24, 2.45) is 0 Å². The number of nitro benzene ring substituents is 1. The van der Waals surface area contributed by atoms with Crippen molar-refractivity contribution in [3.05, 3.63) is 63.5 Å². The average molecular weight is 428 g/mol. The number of nitrogens with zero attached hydrogens (tertiary/aromatic N) is 4. The Morgan fingerprint density at radius 3 is 2.45 bits per heavy atom. The third kappa shape index (κ3) is 4.26. The molecule has 2 aliphatic heterocycles. The van der Waals surface area contributed by atoms with E-state index in [9.17, 15) is 19.3 Å². The molecular formula is C22H25FN4O4. The fraction of sp³-hybridized carbons (Fsp3) is 0.409. The van der Waals surface area contributed by atoms with E-state index in [4.69, 9.17) is 4.74 Å². The first kappa shape index (κ1) is 20.9. The molecule has 4 rings (SSSR count). The first-order valence-corrected chi connectivity index (χ1v) is 10.4. The largest absolute Gasteiger partial charge is 0.450 e. The Labute approximate surface area is 179 Å². The van der Waals surface area contributed by atoms with Crippen LogP contribution in [0.5, 0.6) is 0 Å². The van der Waals surface area contributed by atoms with Gasteiger partial charge in [0.1, 0.15) is 5.69 Å². The highest BCUT2D eigenvalue weighted by atomic mass is 19.1. The summed E-state index contributed by atoms with van der Waals surface area (Å²) in [5.41, 5.74) is 2.86. The molecule has 2 heterocycles.